The van der Waals surface area contributed by atoms with Gasteiger partial charge in [0.25, 0.3) is 0 Å². The van der Waals surface area contributed by atoms with Crippen LogP contribution in [0.15, 0.2) is 9.98 Å². The van der Waals surface area contributed by atoms with E-state index in [2.05, 4.69) is 9.98 Å². The van der Waals surface area contributed by atoms with Gasteiger partial charge in [0.2, 0.25) is 0 Å². The van der Waals surface area contributed by atoms with Crippen LogP contribution >= 0.6 is 23.5 Å². The minimum absolute atomic E-state index is 0.345. The highest BCUT2D eigenvalue weighted by Crippen LogP contribution is 2.24. The quantitative estimate of drug-likeness (QED) is 0.495. The van der Waals surface area contributed by atoms with Crippen molar-refractivity contribution in [1.29, 1.82) is 0 Å². The molecular weight excluding hydrogens is 248 g/mol. The number of aliphatic hydroxyl groups excluding tert-OH is 2. The van der Waals surface area contributed by atoms with Crippen molar-refractivity contribution in [3.05, 3.63) is 0 Å². The molecule has 90 valence electrons. The second-order valence-corrected chi connectivity index (χ2v) is 5.75. The maximum atomic E-state index is 9.94. The van der Waals surface area contributed by atoms with E-state index in [0.29, 0.717) is 21.8 Å². The largest absolute Gasteiger partial charge is 0.388 e. The van der Waals surface area contributed by atoms with E-state index in [4.69, 9.17) is 11.5 Å². The molecule has 0 saturated carbocycles. The molecule has 8 heteroatoms. The normalized spacial score (nSPS) is 33.4. The van der Waals surface area contributed by atoms with E-state index >= 15 is 0 Å². The van der Waals surface area contributed by atoms with Crippen molar-refractivity contribution in [3.63, 3.8) is 0 Å². The highest BCUT2D eigenvalue weighted by atomic mass is 32.2. The number of nitrogens with zero attached hydrogens (tertiary/aromatic N) is 2. The summed E-state index contributed by atoms with van der Waals surface area (Å²) in [7, 11) is 0. The van der Waals surface area contributed by atoms with Crippen LogP contribution in [-0.4, -0.2) is 56.3 Å². The van der Waals surface area contributed by atoms with E-state index in [0.717, 1.165) is 0 Å². The lowest BCUT2D eigenvalue weighted by Crippen LogP contribution is -2.43. The first-order valence-electron chi connectivity index (χ1n) is 4.86. The van der Waals surface area contributed by atoms with Crippen LogP contribution in [0.1, 0.15) is 0 Å². The van der Waals surface area contributed by atoms with Crippen molar-refractivity contribution in [1.82, 2.24) is 0 Å². The zero-order chi connectivity index (χ0) is 11.7. The van der Waals surface area contributed by atoms with Crippen LogP contribution in [-0.2, 0) is 0 Å². The minimum Gasteiger partial charge on any atom is -0.388 e. The summed E-state index contributed by atoms with van der Waals surface area (Å²) in [6.45, 7) is 0. The standard InChI is InChI=1S/C8H14N4O2S2/c9-7-11-3(1-15-7)5(13)6(14)4-2-16-8(10)12-4/h3-6,13-14H,1-2H2,(H2,9,11)(H2,10,12)/t3-,4-,5-,6-/m1/s1. The lowest BCUT2D eigenvalue weighted by atomic mass is 10.0. The Morgan fingerprint density at radius 1 is 1.00 bits per heavy atom. The number of hydrogen-bond acceptors (Lipinski definition) is 8. The highest BCUT2D eigenvalue weighted by Gasteiger charge is 2.36. The van der Waals surface area contributed by atoms with Crippen LogP contribution in [0.3, 0.4) is 0 Å². The number of amidine groups is 2. The summed E-state index contributed by atoms with van der Waals surface area (Å²) in [5.74, 6) is 1.20. The fourth-order valence-corrected chi connectivity index (χ4v) is 3.27. The van der Waals surface area contributed by atoms with Crippen LogP contribution in [0, 0.1) is 0 Å². The molecule has 0 aliphatic carbocycles. The Morgan fingerprint density at radius 3 is 1.62 bits per heavy atom. The fraction of sp³-hybridized carbons (Fsp3) is 0.750. The van der Waals surface area contributed by atoms with Crippen molar-refractivity contribution in [2.75, 3.05) is 11.5 Å². The Bertz CT molecular complexity index is 304. The third kappa shape index (κ3) is 2.45. The molecule has 0 fully saturated rings. The Hall–Kier alpha value is -0.440. The van der Waals surface area contributed by atoms with Gasteiger partial charge in [-0.2, -0.15) is 0 Å². The number of rotatable bonds is 3. The number of aliphatic imine (C=N–C) groups is 2. The number of aliphatic hydroxyl groups is 2. The second kappa shape index (κ2) is 4.82. The molecule has 0 aromatic rings. The molecule has 6 nitrogen and oxygen atoms in total. The lowest BCUT2D eigenvalue weighted by Gasteiger charge is -2.23. The molecule has 0 aromatic carbocycles. The monoisotopic (exact) mass is 262 g/mol. The second-order valence-electron chi connectivity index (χ2n) is 3.67. The molecule has 2 rings (SSSR count). The number of hydrogen-bond donors (Lipinski definition) is 4. The summed E-state index contributed by atoms with van der Waals surface area (Å²) in [4.78, 5) is 8.12. The number of thioether (sulfide) groups is 2. The van der Waals surface area contributed by atoms with Crippen molar-refractivity contribution in [3.8, 4) is 0 Å². The van der Waals surface area contributed by atoms with E-state index < -0.39 is 12.2 Å². The van der Waals surface area contributed by atoms with E-state index in [-0.39, 0.29) is 12.1 Å². The van der Waals surface area contributed by atoms with Gasteiger partial charge in [-0.05, 0) is 0 Å². The van der Waals surface area contributed by atoms with Crippen LogP contribution < -0.4 is 11.5 Å². The minimum atomic E-state index is -0.936. The molecule has 2 heterocycles. The summed E-state index contributed by atoms with van der Waals surface area (Å²) in [6.07, 6.45) is -1.87. The lowest BCUT2D eigenvalue weighted by molar-refractivity contribution is -0.000204. The molecule has 0 spiro atoms. The van der Waals surface area contributed by atoms with Crippen molar-refractivity contribution < 1.29 is 10.2 Å². The van der Waals surface area contributed by atoms with Crippen LogP contribution in [0.4, 0.5) is 0 Å². The summed E-state index contributed by atoms with van der Waals surface area (Å²) >= 11 is 2.77. The maximum absolute atomic E-state index is 9.94. The van der Waals surface area contributed by atoms with Gasteiger partial charge in [-0.3, -0.25) is 9.98 Å². The molecule has 2 aliphatic rings. The summed E-state index contributed by atoms with van der Waals surface area (Å²) in [5.41, 5.74) is 11.0. The van der Waals surface area contributed by atoms with Crippen LogP contribution in [0.25, 0.3) is 0 Å². The SMILES string of the molecule is NC1=N[C@@H]([C@@H](O)[C@H](O)[C@H]2CSC(N)=N2)CS1. The summed E-state index contributed by atoms with van der Waals surface area (Å²) in [6, 6.07) is -0.691. The highest BCUT2D eigenvalue weighted by molar-refractivity contribution is 8.14. The predicted octanol–water partition coefficient (Wildman–Crippen LogP) is -1.43. The van der Waals surface area contributed by atoms with E-state index in [1.165, 1.54) is 23.5 Å². The maximum Gasteiger partial charge on any atom is 0.154 e. The first kappa shape index (κ1) is 12.0. The van der Waals surface area contributed by atoms with Crippen molar-refractivity contribution in [2.24, 2.45) is 21.5 Å². The molecule has 16 heavy (non-hydrogen) atoms. The zero-order valence-electron chi connectivity index (χ0n) is 8.48. The number of nitrogens with two attached hydrogens (primary N) is 2. The van der Waals surface area contributed by atoms with Gasteiger partial charge < -0.3 is 21.7 Å². The Balaban J connectivity index is 1.97. The Labute approximate surface area is 102 Å². The molecule has 0 aromatic heterocycles. The molecule has 6 N–H and O–H groups in total. The smallest absolute Gasteiger partial charge is 0.154 e. The van der Waals surface area contributed by atoms with E-state index in [9.17, 15) is 10.2 Å². The molecule has 0 amide bonds. The molecule has 0 unspecified atom stereocenters. The van der Waals surface area contributed by atoms with Crippen LogP contribution in [0.5, 0.6) is 0 Å². The van der Waals surface area contributed by atoms with Gasteiger partial charge in [-0.15, -0.1) is 0 Å². The Kier molecular flexibility index (Phi) is 3.63. The van der Waals surface area contributed by atoms with E-state index in [1.54, 1.807) is 0 Å². The van der Waals surface area contributed by atoms with Gasteiger partial charge in [0.15, 0.2) is 10.3 Å². The van der Waals surface area contributed by atoms with Crippen molar-refractivity contribution in [2.45, 2.75) is 24.3 Å². The molecule has 2 aliphatic heterocycles. The van der Waals surface area contributed by atoms with Crippen molar-refractivity contribution >= 4 is 33.9 Å². The molecule has 4 atom stereocenters. The van der Waals surface area contributed by atoms with Gasteiger partial charge in [0, 0.05) is 11.5 Å². The third-order valence-corrected chi connectivity index (χ3v) is 4.35. The fourth-order valence-electron chi connectivity index (χ4n) is 1.62. The van der Waals surface area contributed by atoms with Gasteiger partial charge in [-0.25, -0.2) is 0 Å². The van der Waals surface area contributed by atoms with Crippen LogP contribution in [0.2, 0.25) is 0 Å². The Morgan fingerprint density at radius 2 is 1.38 bits per heavy atom. The zero-order valence-corrected chi connectivity index (χ0v) is 10.1. The molecule has 0 bridgehead atoms. The summed E-state index contributed by atoms with van der Waals surface area (Å²) in [5, 5.41) is 20.8. The first-order chi connectivity index (χ1) is 7.58. The van der Waals surface area contributed by atoms with Gasteiger partial charge in [0.1, 0.15) is 12.2 Å². The summed E-state index contributed by atoms with van der Waals surface area (Å²) < 4.78 is 0. The molecular formula is C8H14N4O2S2. The van der Waals surface area contributed by atoms with Gasteiger partial charge in [0.05, 0.1) is 12.1 Å². The first-order valence-corrected chi connectivity index (χ1v) is 6.83. The molecule has 0 radical (unpaired) electrons. The average molecular weight is 262 g/mol. The van der Waals surface area contributed by atoms with Gasteiger partial charge >= 0.3 is 0 Å². The third-order valence-electron chi connectivity index (χ3n) is 2.53. The van der Waals surface area contributed by atoms with Gasteiger partial charge in [-0.1, -0.05) is 23.5 Å². The topological polar surface area (TPSA) is 117 Å². The average Bonchev–Trinajstić information content (AvgIpc) is 2.85. The predicted molar refractivity (Wildman–Crippen MR) is 67.8 cm³/mol. The molecule has 0 saturated heterocycles. The van der Waals surface area contributed by atoms with E-state index in [1.807, 2.05) is 0 Å².